The van der Waals surface area contributed by atoms with Gasteiger partial charge in [0.1, 0.15) is 24.0 Å². The highest BCUT2D eigenvalue weighted by Crippen LogP contribution is 2.24. The molecule has 1 N–H and O–H groups in total. The van der Waals surface area contributed by atoms with Crippen LogP contribution in [-0.4, -0.2) is 9.97 Å². The zero-order valence-electron chi connectivity index (χ0n) is 13.1. The minimum atomic E-state index is -0.372. The van der Waals surface area contributed by atoms with Crippen molar-refractivity contribution < 1.29 is 4.74 Å². The van der Waals surface area contributed by atoms with Gasteiger partial charge < -0.3 is 9.72 Å². The normalized spacial score (nSPS) is 10.2. The lowest BCUT2D eigenvalue weighted by molar-refractivity contribution is 0.301. The molecule has 1 aromatic carbocycles. The van der Waals surface area contributed by atoms with Gasteiger partial charge in [0, 0.05) is 17.5 Å². The predicted molar refractivity (Wildman–Crippen MR) is 90.5 cm³/mol. The number of ether oxygens (including phenoxy) is 1. The number of hydrogen-bond donors (Lipinski definition) is 1. The van der Waals surface area contributed by atoms with Crippen molar-refractivity contribution >= 4 is 0 Å². The predicted octanol–water partition coefficient (Wildman–Crippen LogP) is 3.20. The molecule has 0 atom stereocenters. The van der Waals surface area contributed by atoms with E-state index in [4.69, 9.17) is 4.74 Å². The Balaban J connectivity index is 1.83. The van der Waals surface area contributed by atoms with Crippen molar-refractivity contribution in [2.75, 3.05) is 0 Å². The number of aromatic nitrogens is 2. The van der Waals surface area contributed by atoms with E-state index < -0.39 is 0 Å². The average molecular weight is 317 g/mol. The van der Waals surface area contributed by atoms with Crippen LogP contribution in [0.3, 0.4) is 0 Å². The number of pyridine rings is 2. The molecule has 0 unspecified atom stereocenters. The lowest BCUT2D eigenvalue weighted by Gasteiger charge is -2.08. The van der Waals surface area contributed by atoms with E-state index in [9.17, 15) is 10.1 Å². The molecular formula is C19H15N3O2. The maximum absolute atomic E-state index is 11.9. The van der Waals surface area contributed by atoms with Gasteiger partial charge in [0.15, 0.2) is 0 Å². The summed E-state index contributed by atoms with van der Waals surface area (Å²) < 4.78 is 5.69. The molecule has 0 bridgehead atoms. The molecule has 0 aliphatic heterocycles. The maximum Gasteiger partial charge on any atom is 0.266 e. The minimum Gasteiger partial charge on any atom is -0.487 e. The van der Waals surface area contributed by atoms with Crippen molar-refractivity contribution in [3.05, 3.63) is 82.0 Å². The van der Waals surface area contributed by atoms with Crippen molar-refractivity contribution in [1.29, 1.82) is 5.26 Å². The van der Waals surface area contributed by atoms with Crippen LogP contribution in [0.5, 0.6) is 5.75 Å². The van der Waals surface area contributed by atoms with E-state index in [0.717, 1.165) is 11.3 Å². The number of nitriles is 1. The Bertz CT molecular complexity index is 939. The van der Waals surface area contributed by atoms with E-state index in [2.05, 4.69) is 9.97 Å². The van der Waals surface area contributed by atoms with Crippen molar-refractivity contribution in [2.45, 2.75) is 13.5 Å². The van der Waals surface area contributed by atoms with Gasteiger partial charge in [-0.15, -0.1) is 0 Å². The van der Waals surface area contributed by atoms with Gasteiger partial charge in [-0.3, -0.25) is 9.78 Å². The molecule has 118 valence electrons. The molecule has 5 nitrogen and oxygen atoms in total. The van der Waals surface area contributed by atoms with Crippen LogP contribution in [-0.2, 0) is 6.61 Å². The molecule has 0 aliphatic rings. The maximum atomic E-state index is 11.9. The summed E-state index contributed by atoms with van der Waals surface area (Å²) in [6, 6.07) is 16.7. The van der Waals surface area contributed by atoms with Crippen molar-refractivity contribution in [2.24, 2.45) is 0 Å². The van der Waals surface area contributed by atoms with Crippen LogP contribution in [0, 0.1) is 18.3 Å². The third kappa shape index (κ3) is 3.33. The third-order valence-corrected chi connectivity index (χ3v) is 3.56. The fourth-order valence-corrected chi connectivity index (χ4v) is 2.40. The van der Waals surface area contributed by atoms with E-state index in [1.54, 1.807) is 19.2 Å². The quantitative estimate of drug-likeness (QED) is 0.801. The first-order chi connectivity index (χ1) is 11.7. The highest BCUT2D eigenvalue weighted by Gasteiger charge is 2.10. The Morgan fingerprint density at radius 3 is 2.67 bits per heavy atom. The molecule has 3 rings (SSSR count). The van der Waals surface area contributed by atoms with E-state index in [0.29, 0.717) is 23.6 Å². The number of rotatable bonds is 4. The molecule has 2 aromatic heterocycles. The molecule has 0 saturated carbocycles. The minimum absolute atomic E-state index is 0.114. The molecule has 0 aliphatic carbocycles. The molecule has 24 heavy (non-hydrogen) atoms. The Morgan fingerprint density at radius 2 is 2.00 bits per heavy atom. The number of aromatic amines is 1. The topological polar surface area (TPSA) is 78.8 Å². The number of H-pyrrole nitrogens is 1. The third-order valence-electron chi connectivity index (χ3n) is 3.56. The van der Waals surface area contributed by atoms with Crippen molar-refractivity contribution in [3.63, 3.8) is 0 Å². The van der Waals surface area contributed by atoms with Gasteiger partial charge in [0.25, 0.3) is 5.56 Å². The Labute approximate surface area is 139 Å². The molecule has 3 aromatic rings. The largest absolute Gasteiger partial charge is 0.487 e. The van der Waals surface area contributed by atoms with Crippen molar-refractivity contribution in [1.82, 2.24) is 9.97 Å². The monoisotopic (exact) mass is 317 g/mol. The second-order valence-electron chi connectivity index (χ2n) is 5.32. The van der Waals surface area contributed by atoms with Crippen LogP contribution < -0.4 is 10.3 Å². The van der Waals surface area contributed by atoms with Crippen LogP contribution in [0.15, 0.2) is 59.5 Å². The zero-order chi connectivity index (χ0) is 16.9. The Morgan fingerprint density at radius 1 is 1.21 bits per heavy atom. The van der Waals surface area contributed by atoms with E-state index in [1.807, 2.05) is 48.5 Å². The molecular weight excluding hydrogens is 302 g/mol. The first-order valence-electron chi connectivity index (χ1n) is 7.44. The van der Waals surface area contributed by atoms with Crippen LogP contribution in [0.25, 0.3) is 11.1 Å². The summed E-state index contributed by atoms with van der Waals surface area (Å²) in [7, 11) is 0. The average Bonchev–Trinajstić information content (AvgIpc) is 2.61. The lowest BCUT2D eigenvalue weighted by Crippen LogP contribution is -2.12. The smallest absolute Gasteiger partial charge is 0.266 e. The van der Waals surface area contributed by atoms with Gasteiger partial charge in [0.05, 0.1) is 5.69 Å². The van der Waals surface area contributed by atoms with Gasteiger partial charge in [-0.1, -0.05) is 18.2 Å². The highest BCUT2D eigenvalue weighted by molar-refractivity contribution is 5.70. The van der Waals surface area contributed by atoms with E-state index in [1.165, 1.54) is 0 Å². The van der Waals surface area contributed by atoms with Gasteiger partial charge >= 0.3 is 0 Å². The molecule has 0 fully saturated rings. The summed E-state index contributed by atoms with van der Waals surface area (Å²) in [4.78, 5) is 18.7. The standard InChI is InChI=1S/C19H15N3O2/c1-13-10-17(18(11-20)19(23)22-13)14-5-7-16(8-6-14)24-12-15-4-2-3-9-21-15/h2-10H,12H2,1H3,(H,22,23). The summed E-state index contributed by atoms with van der Waals surface area (Å²) in [5, 5.41) is 9.21. The van der Waals surface area contributed by atoms with Gasteiger partial charge in [0.2, 0.25) is 0 Å². The molecule has 2 heterocycles. The van der Waals surface area contributed by atoms with Crippen LogP contribution >= 0.6 is 0 Å². The summed E-state index contributed by atoms with van der Waals surface area (Å²) in [6.45, 7) is 2.17. The number of hydrogen-bond acceptors (Lipinski definition) is 4. The molecule has 0 radical (unpaired) electrons. The summed E-state index contributed by atoms with van der Waals surface area (Å²) in [6.07, 6.45) is 1.72. The van der Waals surface area contributed by atoms with Gasteiger partial charge in [-0.05, 0) is 42.8 Å². The van der Waals surface area contributed by atoms with Gasteiger partial charge in [-0.25, -0.2) is 0 Å². The fraction of sp³-hybridized carbons (Fsp3) is 0.105. The molecule has 5 heteroatoms. The fourth-order valence-electron chi connectivity index (χ4n) is 2.40. The van der Waals surface area contributed by atoms with E-state index >= 15 is 0 Å². The number of aryl methyl sites for hydroxylation is 1. The molecule has 0 spiro atoms. The lowest BCUT2D eigenvalue weighted by atomic mass is 10.0. The first-order valence-corrected chi connectivity index (χ1v) is 7.44. The van der Waals surface area contributed by atoms with E-state index in [-0.39, 0.29) is 11.1 Å². The highest BCUT2D eigenvalue weighted by atomic mass is 16.5. The molecule has 0 amide bonds. The summed E-state index contributed by atoms with van der Waals surface area (Å²) in [5.74, 6) is 0.699. The zero-order valence-corrected chi connectivity index (χ0v) is 13.1. The van der Waals surface area contributed by atoms with Gasteiger partial charge in [-0.2, -0.15) is 5.26 Å². The summed E-state index contributed by atoms with van der Waals surface area (Å²) in [5.41, 5.74) is 2.72. The SMILES string of the molecule is Cc1cc(-c2ccc(OCc3ccccn3)cc2)c(C#N)c(=O)[nH]1. The first kappa shape index (κ1) is 15.5. The van der Waals surface area contributed by atoms with Crippen LogP contribution in [0.2, 0.25) is 0 Å². The Kier molecular flexibility index (Phi) is 4.39. The number of benzene rings is 1. The van der Waals surface area contributed by atoms with Crippen LogP contribution in [0.4, 0.5) is 0 Å². The van der Waals surface area contributed by atoms with Crippen molar-refractivity contribution in [3.8, 4) is 22.9 Å². The second kappa shape index (κ2) is 6.80. The second-order valence-corrected chi connectivity index (χ2v) is 5.32. The number of nitrogens with zero attached hydrogens (tertiary/aromatic N) is 2. The summed E-state index contributed by atoms with van der Waals surface area (Å²) >= 11 is 0. The molecule has 0 saturated heterocycles. The Hall–Kier alpha value is -3.39. The number of nitrogens with one attached hydrogen (secondary N) is 1. The van der Waals surface area contributed by atoms with Crippen LogP contribution in [0.1, 0.15) is 17.0 Å².